The molecule has 14 heavy (non-hydrogen) atoms. The monoisotopic (exact) mass is 210 g/mol. The van der Waals surface area contributed by atoms with Gasteiger partial charge < -0.3 is 5.32 Å². The Morgan fingerprint density at radius 1 is 1.29 bits per heavy atom. The van der Waals surface area contributed by atoms with Crippen LogP contribution >= 0.6 is 11.8 Å². The van der Waals surface area contributed by atoms with E-state index in [-0.39, 0.29) is 0 Å². The molecule has 0 aromatic carbocycles. The number of hydrogen-bond acceptors (Lipinski definition) is 3. The fraction of sp³-hybridized carbons (Fsp3) is 0.545. The fourth-order valence-corrected chi connectivity index (χ4v) is 1.87. The van der Waals surface area contributed by atoms with Gasteiger partial charge in [-0.3, -0.25) is 0 Å². The minimum Gasteiger partial charge on any atom is -0.313 e. The quantitative estimate of drug-likeness (QED) is 0.774. The summed E-state index contributed by atoms with van der Waals surface area (Å²) in [5.74, 6) is 0. The molecule has 0 fully saturated rings. The number of nitrogens with one attached hydrogen (secondary N) is 1. The van der Waals surface area contributed by atoms with Crippen LogP contribution in [0.1, 0.15) is 32.4 Å². The van der Waals surface area contributed by atoms with Gasteiger partial charge in [-0.25, -0.2) is 4.98 Å². The highest BCUT2D eigenvalue weighted by atomic mass is 32.2. The Morgan fingerprint density at radius 3 is 2.43 bits per heavy atom. The van der Waals surface area contributed by atoms with Crippen LogP contribution in [-0.4, -0.2) is 17.3 Å². The van der Waals surface area contributed by atoms with Crippen LogP contribution in [0.5, 0.6) is 0 Å². The second-order valence-corrected chi connectivity index (χ2v) is 5.20. The van der Waals surface area contributed by atoms with Gasteiger partial charge in [0.1, 0.15) is 0 Å². The summed E-state index contributed by atoms with van der Waals surface area (Å²) in [5, 5.41) is 4.89. The van der Waals surface area contributed by atoms with Crippen molar-refractivity contribution in [2.45, 2.75) is 37.1 Å². The molecule has 0 amide bonds. The summed E-state index contributed by atoms with van der Waals surface area (Å²) >= 11 is 1.79. The van der Waals surface area contributed by atoms with E-state index < -0.39 is 0 Å². The number of thioether (sulfide) groups is 1. The SMILES string of the molecule is CNC(C)c1ccc(SC(C)C)nc1. The lowest BCUT2D eigenvalue weighted by Gasteiger charge is -2.10. The summed E-state index contributed by atoms with van der Waals surface area (Å²) in [5.41, 5.74) is 1.24. The average Bonchev–Trinajstić information content (AvgIpc) is 2.17. The Hall–Kier alpha value is -0.540. The zero-order valence-corrected chi connectivity index (χ0v) is 10.1. The second-order valence-electron chi connectivity index (χ2n) is 3.61. The Balaban J connectivity index is 2.68. The predicted molar refractivity (Wildman–Crippen MR) is 62.7 cm³/mol. The molecule has 3 heteroatoms. The average molecular weight is 210 g/mol. The van der Waals surface area contributed by atoms with Crippen LogP contribution in [0.15, 0.2) is 23.4 Å². The summed E-state index contributed by atoms with van der Waals surface area (Å²) in [7, 11) is 1.96. The Morgan fingerprint density at radius 2 is 2.00 bits per heavy atom. The van der Waals surface area contributed by atoms with E-state index in [2.05, 4.69) is 43.2 Å². The van der Waals surface area contributed by atoms with Crippen molar-refractivity contribution in [1.29, 1.82) is 0 Å². The summed E-state index contributed by atoms with van der Waals surface area (Å²) in [6, 6.07) is 4.60. The number of rotatable bonds is 4. The number of aromatic nitrogens is 1. The number of pyridine rings is 1. The Kier molecular flexibility index (Phi) is 4.42. The van der Waals surface area contributed by atoms with Crippen molar-refractivity contribution >= 4 is 11.8 Å². The highest BCUT2D eigenvalue weighted by Gasteiger charge is 2.03. The second kappa shape index (κ2) is 5.37. The van der Waals surface area contributed by atoms with Crippen molar-refractivity contribution < 1.29 is 0 Å². The van der Waals surface area contributed by atoms with E-state index in [1.807, 2.05) is 13.2 Å². The molecule has 1 aromatic heterocycles. The first-order valence-electron chi connectivity index (χ1n) is 4.93. The van der Waals surface area contributed by atoms with E-state index >= 15 is 0 Å². The van der Waals surface area contributed by atoms with Gasteiger partial charge in [-0.15, -0.1) is 11.8 Å². The maximum Gasteiger partial charge on any atom is 0.0962 e. The van der Waals surface area contributed by atoms with Gasteiger partial charge in [0, 0.05) is 17.5 Å². The maximum absolute atomic E-state index is 4.41. The van der Waals surface area contributed by atoms with Gasteiger partial charge in [-0.2, -0.15) is 0 Å². The molecule has 1 aromatic rings. The van der Waals surface area contributed by atoms with Gasteiger partial charge in [0.05, 0.1) is 5.03 Å². The van der Waals surface area contributed by atoms with E-state index in [1.165, 1.54) is 5.56 Å². The van der Waals surface area contributed by atoms with Gasteiger partial charge >= 0.3 is 0 Å². The summed E-state index contributed by atoms with van der Waals surface area (Å²) in [6.45, 7) is 6.49. The molecule has 1 heterocycles. The van der Waals surface area contributed by atoms with Gasteiger partial charge in [0.25, 0.3) is 0 Å². The molecule has 0 aliphatic carbocycles. The third-order valence-corrected chi connectivity index (χ3v) is 3.00. The first-order chi connectivity index (χ1) is 6.63. The van der Waals surface area contributed by atoms with E-state index in [4.69, 9.17) is 0 Å². The molecule has 0 spiro atoms. The zero-order valence-electron chi connectivity index (χ0n) is 9.24. The first-order valence-corrected chi connectivity index (χ1v) is 5.81. The first kappa shape index (κ1) is 11.5. The van der Waals surface area contributed by atoms with E-state index in [0.717, 1.165) is 5.03 Å². The van der Waals surface area contributed by atoms with Crippen LogP contribution in [0, 0.1) is 0 Å². The molecule has 0 saturated carbocycles. The van der Waals surface area contributed by atoms with Crippen LogP contribution in [-0.2, 0) is 0 Å². The van der Waals surface area contributed by atoms with Crippen LogP contribution in [0.3, 0.4) is 0 Å². The lowest BCUT2D eigenvalue weighted by Crippen LogP contribution is -2.12. The molecule has 2 nitrogen and oxygen atoms in total. The van der Waals surface area contributed by atoms with Gasteiger partial charge in [-0.1, -0.05) is 19.9 Å². The lowest BCUT2D eigenvalue weighted by molar-refractivity contribution is 0.648. The molecule has 1 atom stereocenters. The molecule has 0 radical (unpaired) electrons. The molecule has 0 aliphatic heterocycles. The summed E-state index contributed by atoms with van der Waals surface area (Å²) in [4.78, 5) is 4.41. The van der Waals surface area contributed by atoms with Crippen LogP contribution in [0.4, 0.5) is 0 Å². The highest BCUT2D eigenvalue weighted by Crippen LogP contribution is 2.21. The van der Waals surface area contributed by atoms with Crippen molar-refractivity contribution in [3.63, 3.8) is 0 Å². The van der Waals surface area contributed by atoms with Crippen molar-refractivity contribution in [2.24, 2.45) is 0 Å². The van der Waals surface area contributed by atoms with Crippen molar-refractivity contribution in [1.82, 2.24) is 10.3 Å². The van der Waals surface area contributed by atoms with E-state index in [9.17, 15) is 0 Å². The van der Waals surface area contributed by atoms with Crippen LogP contribution < -0.4 is 5.32 Å². The molecular formula is C11H18N2S. The zero-order chi connectivity index (χ0) is 10.6. The molecule has 1 rings (SSSR count). The molecular weight excluding hydrogens is 192 g/mol. The van der Waals surface area contributed by atoms with Gasteiger partial charge in [0.2, 0.25) is 0 Å². The summed E-state index contributed by atoms with van der Waals surface area (Å²) < 4.78 is 0. The van der Waals surface area contributed by atoms with E-state index in [0.29, 0.717) is 11.3 Å². The molecule has 78 valence electrons. The fourth-order valence-electron chi connectivity index (χ4n) is 1.13. The Bertz CT molecular complexity index is 269. The standard InChI is InChI=1S/C11H18N2S/c1-8(2)14-11-6-5-10(7-13-11)9(3)12-4/h5-9,12H,1-4H3. The topological polar surface area (TPSA) is 24.9 Å². The predicted octanol–water partition coefficient (Wildman–Crippen LogP) is 2.86. The highest BCUT2D eigenvalue weighted by molar-refractivity contribution is 7.99. The Labute approximate surface area is 90.5 Å². The van der Waals surface area contributed by atoms with E-state index in [1.54, 1.807) is 11.8 Å². The largest absolute Gasteiger partial charge is 0.313 e. The third kappa shape index (κ3) is 3.31. The number of nitrogens with zero attached hydrogens (tertiary/aromatic N) is 1. The maximum atomic E-state index is 4.41. The minimum atomic E-state index is 0.376. The normalized spacial score (nSPS) is 13.2. The molecule has 1 unspecified atom stereocenters. The lowest BCUT2D eigenvalue weighted by atomic mass is 10.1. The van der Waals surface area contributed by atoms with Crippen LogP contribution in [0.25, 0.3) is 0 Å². The van der Waals surface area contributed by atoms with Gasteiger partial charge in [0.15, 0.2) is 0 Å². The van der Waals surface area contributed by atoms with Crippen molar-refractivity contribution in [3.8, 4) is 0 Å². The molecule has 0 saturated heterocycles. The number of hydrogen-bond donors (Lipinski definition) is 1. The van der Waals surface area contributed by atoms with Crippen molar-refractivity contribution in [3.05, 3.63) is 23.9 Å². The minimum absolute atomic E-state index is 0.376. The summed E-state index contributed by atoms with van der Waals surface area (Å²) in [6.07, 6.45) is 1.95. The molecule has 0 bridgehead atoms. The smallest absolute Gasteiger partial charge is 0.0962 e. The molecule has 1 N–H and O–H groups in total. The third-order valence-electron chi connectivity index (χ3n) is 2.05. The van der Waals surface area contributed by atoms with Crippen LogP contribution in [0.2, 0.25) is 0 Å². The van der Waals surface area contributed by atoms with Gasteiger partial charge in [-0.05, 0) is 25.6 Å². The molecule has 0 aliphatic rings. The van der Waals surface area contributed by atoms with Crippen molar-refractivity contribution in [2.75, 3.05) is 7.05 Å².